The topological polar surface area (TPSA) is 382 Å². The van der Waals surface area contributed by atoms with Crippen LogP contribution in [-0.4, -0.2) is 341 Å². The molecule has 0 aromatic carbocycles. The fourth-order valence-electron chi connectivity index (χ4n) is 8.28. The van der Waals surface area contributed by atoms with Gasteiger partial charge in [-0.15, -0.1) is 0 Å². The lowest BCUT2D eigenvalue weighted by molar-refractivity contribution is -0.154. The maximum absolute atomic E-state index is 12.8. The molecule has 0 aromatic heterocycles. The number of aliphatic hydroxyl groups is 1. The van der Waals surface area contributed by atoms with Crippen molar-refractivity contribution < 1.29 is 129 Å². The maximum atomic E-state index is 12.8. The Labute approximate surface area is 632 Å². The molecule has 0 spiro atoms. The highest BCUT2D eigenvalue weighted by Gasteiger charge is 2.21. The van der Waals surface area contributed by atoms with Crippen molar-refractivity contribution in [1.29, 1.82) is 0 Å². The number of rotatable bonds is 65. The Hall–Kier alpha value is -7.51. The van der Waals surface area contributed by atoms with Gasteiger partial charge < -0.3 is 91.2 Å². The van der Waals surface area contributed by atoms with Gasteiger partial charge in [0.15, 0.2) is 6.79 Å². The van der Waals surface area contributed by atoms with Gasteiger partial charge >= 0.3 is 77.6 Å². The lowest BCUT2D eigenvalue weighted by Crippen LogP contribution is -2.42. The number of hydrogen-bond acceptors (Lipinski definition) is 35. The normalized spacial score (nSPS) is 11.7. The largest absolute Gasteiger partial charge is 0.462 e. The lowest BCUT2D eigenvalue weighted by atomic mass is 10.2. The number of nitrogens with zero attached hydrogens (tertiary/aromatic N) is 6. The van der Waals surface area contributed by atoms with Crippen molar-refractivity contribution in [2.24, 2.45) is 11.8 Å². The van der Waals surface area contributed by atoms with Gasteiger partial charge in [-0.1, -0.05) is 40.2 Å². The minimum Gasteiger partial charge on any atom is -0.462 e. The summed E-state index contributed by atoms with van der Waals surface area (Å²) in [5.74, 6) is -6.20. The van der Waals surface area contributed by atoms with E-state index in [1.165, 1.54) is 51.2 Å². The van der Waals surface area contributed by atoms with E-state index in [9.17, 15) is 62.3 Å². The molecule has 2 unspecified atom stereocenters. The Morgan fingerprint density at radius 2 is 0.500 bits per heavy atom. The summed E-state index contributed by atoms with van der Waals surface area (Å²) in [7, 11) is 5.61. The third kappa shape index (κ3) is 55.9. The molecule has 0 aliphatic rings. The average Bonchev–Trinajstić information content (AvgIpc) is 0.972. The summed E-state index contributed by atoms with van der Waals surface area (Å²) < 4.78 is 66.6. The van der Waals surface area contributed by atoms with Crippen LogP contribution in [0.3, 0.4) is 0 Å². The second-order valence-electron chi connectivity index (χ2n) is 24.6. The van der Waals surface area contributed by atoms with Crippen LogP contribution < -0.4 is 0 Å². The van der Waals surface area contributed by atoms with E-state index in [0.29, 0.717) is 95.0 Å². The van der Waals surface area contributed by atoms with Crippen LogP contribution in [0.4, 0.5) is 0 Å². The first kappa shape index (κ1) is 98.5. The van der Waals surface area contributed by atoms with Crippen molar-refractivity contribution in [1.82, 2.24) is 29.4 Å². The zero-order valence-electron chi connectivity index (χ0n) is 63.6. The van der Waals surface area contributed by atoms with E-state index in [1.54, 1.807) is 13.8 Å². The number of hydrogen-bond donors (Lipinski definition) is 1. The number of ether oxygens (including phenoxy) is 13. The van der Waals surface area contributed by atoms with E-state index in [1.807, 2.05) is 45.6 Å². The summed E-state index contributed by atoms with van der Waals surface area (Å²) in [6, 6.07) is 0. The standard InChI is InChI=1S/C71H116N6O27S2/c1-53(2)66(86)98-42-36-94-61(81)17-24-75(25-18-62(82)95-37-43-99-67(87)54(3)4)34-48-105-50-57(9)70(90)102-46-40-92-59(79)14-21-72(11)28-31-77(33-30-74(13)23-16-65(85)104-52-78)32-29-73(12)22-15-60(80)93-41-47-103-71(91)58(10)51-106-49-35-76(26-19-63(83)96-38-44-100-68(88)55(5)6)27-20-64(84)97-39-45-101-69(89)56(7)8/h57-58,78H,1,3,5,7,14-52H2,2,4,6,8-13H3. The Kier molecular flexibility index (Phi) is 57.1. The predicted octanol–water partition coefficient (Wildman–Crippen LogP) is 2.47. The molecule has 0 rings (SSSR count). The molecule has 2 atom stereocenters. The van der Waals surface area contributed by atoms with Crippen LogP contribution in [0.25, 0.3) is 0 Å². The van der Waals surface area contributed by atoms with Crippen LogP contribution in [0.1, 0.15) is 86.5 Å². The van der Waals surface area contributed by atoms with Crippen LogP contribution in [0.15, 0.2) is 48.6 Å². The molecule has 1 N–H and O–H groups in total. The van der Waals surface area contributed by atoms with Gasteiger partial charge in [0, 0.05) is 143 Å². The van der Waals surface area contributed by atoms with Crippen molar-refractivity contribution in [2.75, 3.05) is 228 Å². The van der Waals surface area contributed by atoms with E-state index in [-0.39, 0.29) is 173 Å². The van der Waals surface area contributed by atoms with E-state index in [4.69, 9.17) is 61.9 Å². The molecule has 0 saturated carbocycles. The van der Waals surface area contributed by atoms with Crippen molar-refractivity contribution in [3.05, 3.63) is 48.6 Å². The van der Waals surface area contributed by atoms with E-state index < -0.39 is 96.2 Å². The SMILES string of the molecule is C=C(C)C(=O)OCCOC(=O)CCN(CCSCC(C)C(=O)OCCOC(=O)CCN(C)CCN(CCN(C)CCC(=O)OCO)CCN(C)CCC(=O)OCCOC(=O)C(C)CSCCN(CCC(=O)OCCOC(=O)C(=C)C)CCC(=O)OCCOC(=O)C(=C)C)CCC(=O)OCCOC(=O)C(=C)C. The van der Waals surface area contributed by atoms with Gasteiger partial charge in [-0.2, -0.15) is 23.5 Å². The second kappa shape index (κ2) is 61.5. The minimum absolute atomic E-state index is 0.0218. The molecule has 0 heterocycles. The number of aliphatic hydroxyl groups excluding tert-OH is 1. The summed E-state index contributed by atoms with van der Waals surface area (Å²) in [5.41, 5.74) is 0.842. The van der Waals surface area contributed by atoms with Crippen molar-refractivity contribution >= 4 is 101 Å². The van der Waals surface area contributed by atoms with Crippen LogP contribution in [0.2, 0.25) is 0 Å². The Morgan fingerprint density at radius 3 is 0.736 bits per heavy atom. The Balaban J connectivity index is 5.08. The third-order valence-electron chi connectivity index (χ3n) is 14.8. The molecule has 0 radical (unpaired) electrons. The second-order valence-corrected chi connectivity index (χ2v) is 26.9. The lowest BCUT2D eigenvalue weighted by Gasteiger charge is -2.29. The monoisotopic (exact) mass is 1550 g/mol. The van der Waals surface area contributed by atoms with Gasteiger partial charge in [0.25, 0.3) is 0 Å². The number of carbonyl (C=O) groups is 13. The first-order valence-corrected chi connectivity index (χ1v) is 37.4. The molecule has 35 heteroatoms. The van der Waals surface area contributed by atoms with Crippen molar-refractivity contribution in [3.63, 3.8) is 0 Å². The van der Waals surface area contributed by atoms with E-state index >= 15 is 0 Å². The molecule has 33 nitrogen and oxygen atoms in total. The number of esters is 13. The Bertz CT molecular complexity index is 2500. The molecular formula is C71H116N6O27S2. The molecule has 0 aromatic rings. The molecule has 0 fully saturated rings. The van der Waals surface area contributed by atoms with Gasteiger partial charge in [-0.3, -0.25) is 48.1 Å². The summed E-state index contributed by atoms with van der Waals surface area (Å²) >= 11 is 2.92. The van der Waals surface area contributed by atoms with Crippen LogP contribution in [0, 0.1) is 11.8 Å². The van der Waals surface area contributed by atoms with Crippen LogP contribution in [-0.2, 0) is 124 Å². The maximum Gasteiger partial charge on any atom is 0.333 e. The first-order valence-electron chi connectivity index (χ1n) is 35.1. The van der Waals surface area contributed by atoms with Crippen molar-refractivity contribution in [2.45, 2.75) is 86.5 Å². The molecule has 604 valence electrons. The fraction of sp³-hybridized carbons (Fsp3) is 0.704. The fourth-order valence-corrected chi connectivity index (χ4v) is 10.4. The number of carbonyl (C=O) groups excluding carboxylic acids is 13. The van der Waals surface area contributed by atoms with Gasteiger partial charge in [-0.05, 0) is 48.8 Å². The van der Waals surface area contributed by atoms with Gasteiger partial charge in [0.2, 0.25) is 0 Å². The highest BCUT2D eigenvalue weighted by Crippen LogP contribution is 2.14. The first-order chi connectivity index (χ1) is 50.3. The van der Waals surface area contributed by atoms with Gasteiger partial charge in [0.1, 0.15) is 79.3 Å². The smallest absolute Gasteiger partial charge is 0.333 e. The summed E-state index contributed by atoms with van der Waals surface area (Å²) in [6.07, 6.45) is 0.151. The summed E-state index contributed by atoms with van der Waals surface area (Å²) in [5, 5.41) is 8.95. The molecule has 0 bridgehead atoms. The molecule has 106 heavy (non-hydrogen) atoms. The Morgan fingerprint density at radius 1 is 0.292 bits per heavy atom. The van der Waals surface area contributed by atoms with E-state index in [2.05, 4.69) is 36.0 Å². The molecule has 0 amide bonds. The van der Waals surface area contributed by atoms with Gasteiger partial charge in [-0.25, -0.2) is 19.2 Å². The van der Waals surface area contributed by atoms with Crippen LogP contribution in [0.5, 0.6) is 0 Å². The summed E-state index contributed by atoms with van der Waals surface area (Å²) in [6.45, 7) is 27.5. The molecular weight excluding hydrogens is 1430 g/mol. The van der Waals surface area contributed by atoms with Crippen molar-refractivity contribution in [3.8, 4) is 0 Å². The zero-order chi connectivity index (χ0) is 79.6. The third-order valence-corrected chi connectivity index (χ3v) is 17.2. The molecule has 0 aliphatic carbocycles. The molecule has 0 aliphatic heterocycles. The summed E-state index contributed by atoms with van der Waals surface area (Å²) in [4.78, 5) is 171. The number of thioether (sulfide) groups is 2. The predicted molar refractivity (Wildman–Crippen MR) is 391 cm³/mol. The molecule has 0 saturated heterocycles. The van der Waals surface area contributed by atoms with Crippen LogP contribution >= 0.6 is 23.5 Å². The highest BCUT2D eigenvalue weighted by molar-refractivity contribution is 7.99. The van der Waals surface area contributed by atoms with Gasteiger partial charge in [0.05, 0.1) is 56.8 Å². The van der Waals surface area contributed by atoms with E-state index in [0.717, 1.165) is 0 Å². The average molecular weight is 1550 g/mol. The quantitative estimate of drug-likeness (QED) is 0.0300. The minimum atomic E-state index is -0.698. The number of likely N-dealkylation sites (N-methyl/N-ethyl adjacent to an activating group) is 3. The zero-order valence-corrected chi connectivity index (χ0v) is 65.3. The highest BCUT2D eigenvalue weighted by atomic mass is 32.2.